The van der Waals surface area contributed by atoms with Crippen molar-refractivity contribution < 1.29 is 4.39 Å². The third-order valence-electron chi connectivity index (χ3n) is 3.53. The van der Waals surface area contributed by atoms with Gasteiger partial charge in [-0.2, -0.15) is 0 Å². The van der Waals surface area contributed by atoms with E-state index < -0.39 is 0 Å². The van der Waals surface area contributed by atoms with E-state index in [2.05, 4.69) is 34.0 Å². The summed E-state index contributed by atoms with van der Waals surface area (Å²) < 4.78 is 13.1. The van der Waals surface area contributed by atoms with Crippen LogP contribution >= 0.6 is 0 Å². The highest BCUT2D eigenvalue weighted by Crippen LogP contribution is 2.12. The fraction of sp³-hybridized carbons (Fsp3) is 0.533. The maximum Gasteiger partial charge on any atom is 0.125 e. The zero-order valence-electron chi connectivity index (χ0n) is 12.2. The summed E-state index contributed by atoms with van der Waals surface area (Å²) in [5.41, 5.74) is 1.59. The van der Waals surface area contributed by atoms with Crippen LogP contribution in [0.5, 0.6) is 0 Å². The van der Waals surface area contributed by atoms with Gasteiger partial charge in [0.15, 0.2) is 0 Å². The zero-order chi connectivity index (χ0) is 14.4. The smallest absolute Gasteiger partial charge is 0.125 e. The molecule has 1 aromatic heterocycles. The highest BCUT2D eigenvalue weighted by molar-refractivity contribution is 5.74. The number of aromatic amines is 1. The normalized spacial score (nSPS) is 11.6. The Balaban J connectivity index is 1.75. The van der Waals surface area contributed by atoms with Crippen molar-refractivity contribution in [1.82, 2.24) is 20.2 Å². The van der Waals surface area contributed by atoms with Crippen molar-refractivity contribution in [3.05, 3.63) is 29.8 Å². The SMILES string of the molecule is CCN(CC)CCNCCc1nc2ccc(F)cc2[nH]1. The number of benzene rings is 1. The Morgan fingerprint density at radius 2 is 2.05 bits per heavy atom. The van der Waals surface area contributed by atoms with Crippen LogP contribution in [0.2, 0.25) is 0 Å². The van der Waals surface area contributed by atoms with Crippen LogP contribution in [0.15, 0.2) is 18.2 Å². The van der Waals surface area contributed by atoms with E-state index in [9.17, 15) is 4.39 Å². The molecule has 0 radical (unpaired) electrons. The van der Waals surface area contributed by atoms with Crippen molar-refractivity contribution >= 4 is 11.0 Å². The maximum absolute atomic E-state index is 13.1. The molecule has 1 heterocycles. The van der Waals surface area contributed by atoms with E-state index in [1.54, 1.807) is 6.07 Å². The van der Waals surface area contributed by atoms with E-state index in [0.29, 0.717) is 0 Å². The molecule has 1 aromatic carbocycles. The predicted molar refractivity (Wildman–Crippen MR) is 80.4 cm³/mol. The first-order valence-corrected chi connectivity index (χ1v) is 7.30. The number of hydrogen-bond donors (Lipinski definition) is 2. The van der Waals surface area contributed by atoms with Gasteiger partial charge in [0.2, 0.25) is 0 Å². The third-order valence-corrected chi connectivity index (χ3v) is 3.53. The summed E-state index contributed by atoms with van der Waals surface area (Å²) in [5, 5.41) is 3.41. The Bertz CT molecular complexity index is 534. The molecule has 0 bridgehead atoms. The van der Waals surface area contributed by atoms with Crippen LogP contribution in [-0.2, 0) is 6.42 Å². The van der Waals surface area contributed by atoms with E-state index >= 15 is 0 Å². The first-order valence-electron chi connectivity index (χ1n) is 7.30. The minimum atomic E-state index is -0.231. The zero-order valence-corrected chi connectivity index (χ0v) is 12.2. The summed E-state index contributed by atoms with van der Waals surface area (Å²) in [6, 6.07) is 4.63. The van der Waals surface area contributed by atoms with Gasteiger partial charge in [0, 0.05) is 26.1 Å². The molecule has 0 aliphatic rings. The van der Waals surface area contributed by atoms with Gasteiger partial charge in [0.1, 0.15) is 11.6 Å². The molecule has 4 nitrogen and oxygen atoms in total. The lowest BCUT2D eigenvalue weighted by Gasteiger charge is -2.17. The molecular weight excluding hydrogens is 255 g/mol. The van der Waals surface area contributed by atoms with Crippen LogP contribution in [0.1, 0.15) is 19.7 Å². The van der Waals surface area contributed by atoms with Crippen molar-refractivity contribution in [3.63, 3.8) is 0 Å². The van der Waals surface area contributed by atoms with Gasteiger partial charge in [-0.3, -0.25) is 0 Å². The molecule has 0 spiro atoms. The average Bonchev–Trinajstić information content (AvgIpc) is 2.84. The predicted octanol–water partition coefficient (Wildman–Crippen LogP) is 2.18. The molecule has 0 fully saturated rings. The molecule has 2 rings (SSSR count). The van der Waals surface area contributed by atoms with Crippen LogP contribution in [0.25, 0.3) is 11.0 Å². The summed E-state index contributed by atoms with van der Waals surface area (Å²) in [4.78, 5) is 9.99. The van der Waals surface area contributed by atoms with Crippen LogP contribution in [-0.4, -0.2) is 47.6 Å². The van der Waals surface area contributed by atoms with Gasteiger partial charge in [0.25, 0.3) is 0 Å². The average molecular weight is 278 g/mol. The molecule has 0 saturated heterocycles. The Kier molecular flexibility index (Phi) is 5.49. The molecule has 20 heavy (non-hydrogen) atoms. The molecule has 5 heteroatoms. The first-order chi connectivity index (χ1) is 9.72. The van der Waals surface area contributed by atoms with E-state index in [-0.39, 0.29) is 5.82 Å². The lowest BCUT2D eigenvalue weighted by molar-refractivity contribution is 0.303. The van der Waals surface area contributed by atoms with E-state index in [1.165, 1.54) is 12.1 Å². The maximum atomic E-state index is 13.1. The Morgan fingerprint density at radius 3 is 2.80 bits per heavy atom. The quantitative estimate of drug-likeness (QED) is 0.727. The molecule has 0 saturated carbocycles. The highest BCUT2D eigenvalue weighted by Gasteiger charge is 2.03. The van der Waals surface area contributed by atoms with Crippen LogP contribution in [0.3, 0.4) is 0 Å². The summed E-state index contributed by atoms with van der Waals surface area (Å²) in [7, 11) is 0. The van der Waals surface area contributed by atoms with Gasteiger partial charge < -0.3 is 15.2 Å². The van der Waals surface area contributed by atoms with Gasteiger partial charge in [0.05, 0.1) is 11.0 Å². The number of nitrogens with zero attached hydrogens (tertiary/aromatic N) is 2. The molecule has 0 aliphatic carbocycles. The number of likely N-dealkylation sites (N-methyl/N-ethyl adjacent to an activating group) is 1. The van der Waals surface area contributed by atoms with Gasteiger partial charge in [-0.05, 0) is 31.3 Å². The highest BCUT2D eigenvalue weighted by atomic mass is 19.1. The molecule has 2 N–H and O–H groups in total. The van der Waals surface area contributed by atoms with Gasteiger partial charge in [-0.25, -0.2) is 9.37 Å². The topological polar surface area (TPSA) is 44.0 Å². The minimum Gasteiger partial charge on any atom is -0.342 e. The number of H-pyrrole nitrogens is 1. The minimum absolute atomic E-state index is 0.231. The number of halogens is 1. The Hall–Kier alpha value is -1.46. The van der Waals surface area contributed by atoms with E-state index in [0.717, 1.165) is 56.0 Å². The van der Waals surface area contributed by atoms with Crippen LogP contribution < -0.4 is 5.32 Å². The fourth-order valence-corrected chi connectivity index (χ4v) is 2.26. The van der Waals surface area contributed by atoms with Crippen molar-refractivity contribution in [2.24, 2.45) is 0 Å². The van der Waals surface area contributed by atoms with Crippen LogP contribution in [0.4, 0.5) is 4.39 Å². The van der Waals surface area contributed by atoms with Gasteiger partial charge in [-0.15, -0.1) is 0 Å². The molecule has 110 valence electrons. The first kappa shape index (κ1) is 14.9. The lowest BCUT2D eigenvalue weighted by Crippen LogP contribution is -2.32. The Labute approximate surface area is 119 Å². The number of fused-ring (bicyclic) bond motifs is 1. The second-order valence-electron chi connectivity index (χ2n) is 4.87. The largest absolute Gasteiger partial charge is 0.342 e. The van der Waals surface area contributed by atoms with Crippen LogP contribution in [0, 0.1) is 5.82 Å². The number of aromatic nitrogens is 2. The molecule has 0 unspecified atom stereocenters. The molecule has 0 amide bonds. The lowest BCUT2D eigenvalue weighted by atomic mass is 10.3. The molecular formula is C15H23FN4. The monoisotopic (exact) mass is 278 g/mol. The third kappa shape index (κ3) is 4.02. The summed E-state index contributed by atoms with van der Waals surface area (Å²) in [6.45, 7) is 9.47. The van der Waals surface area contributed by atoms with Crippen molar-refractivity contribution in [2.45, 2.75) is 20.3 Å². The number of hydrogen-bond acceptors (Lipinski definition) is 3. The van der Waals surface area contributed by atoms with Crippen molar-refractivity contribution in [1.29, 1.82) is 0 Å². The second-order valence-corrected chi connectivity index (χ2v) is 4.87. The Morgan fingerprint density at radius 1 is 1.25 bits per heavy atom. The summed E-state index contributed by atoms with van der Waals surface area (Å²) in [5.74, 6) is 0.672. The summed E-state index contributed by atoms with van der Waals surface area (Å²) in [6.07, 6.45) is 0.828. The standard InChI is InChI=1S/C15H23FN4/c1-3-20(4-2)10-9-17-8-7-15-18-13-6-5-12(16)11-14(13)19-15/h5-6,11,17H,3-4,7-10H2,1-2H3,(H,18,19). The van der Waals surface area contributed by atoms with E-state index in [1.807, 2.05) is 0 Å². The van der Waals surface area contributed by atoms with Gasteiger partial charge >= 0.3 is 0 Å². The number of nitrogens with one attached hydrogen (secondary N) is 2. The second kappa shape index (κ2) is 7.36. The van der Waals surface area contributed by atoms with E-state index in [4.69, 9.17) is 0 Å². The number of imidazole rings is 1. The molecule has 0 aliphatic heterocycles. The fourth-order valence-electron chi connectivity index (χ4n) is 2.26. The number of rotatable bonds is 8. The molecule has 0 atom stereocenters. The molecule has 2 aromatic rings. The van der Waals surface area contributed by atoms with Crippen molar-refractivity contribution in [2.75, 3.05) is 32.7 Å². The van der Waals surface area contributed by atoms with Gasteiger partial charge in [-0.1, -0.05) is 13.8 Å². The van der Waals surface area contributed by atoms with Crippen molar-refractivity contribution in [3.8, 4) is 0 Å². The summed E-state index contributed by atoms with van der Waals surface area (Å²) >= 11 is 0.